The molecule has 1 unspecified atom stereocenters. The van der Waals surface area contributed by atoms with Crippen LogP contribution in [0.25, 0.3) is 6.08 Å². The summed E-state index contributed by atoms with van der Waals surface area (Å²) >= 11 is 0. The molecule has 0 radical (unpaired) electrons. The predicted octanol–water partition coefficient (Wildman–Crippen LogP) is 3.85. The van der Waals surface area contributed by atoms with Gasteiger partial charge in [-0.2, -0.15) is 0 Å². The molecule has 1 aromatic carbocycles. The van der Waals surface area contributed by atoms with Crippen molar-refractivity contribution >= 4 is 6.08 Å². The fraction of sp³-hybridized carbons (Fsp3) is 0.500. The highest BCUT2D eigenvalue weighted by Gasteiger charge is 2.07. The number of hydrogen-bond donors (Lipinski definition) is 1. The second-order valence-corrected chi connectivity index (χ2v) is 5.11. The van der Waals surface area contributed by atoms with Gasteiger partial charge in [-0.1, -0.05) is 43.2 Å². The molecule has 0 saturated carbocycles. The maximum Gasteiger partial charge on any atom is 0.0253 e. The van der Waals surface area contributed by atoms with E-state index >= 15 is 0 Å². The molecular formula is C16H23N. The van der Waals surface area contributed by atoms with Crippen LogP contribution in [0.5, 0.6) is 0 Å². The van der Waals surface area contributed by atoms with Crippen LogP contribution in [0.1, 0.15) is 42.4 Å². The molecule has 0 bridgehead atoms. The molecule has 1 aromatic rings. The first kappa shape index (κ1) is 12.4. The molecule has 1 N–H and O–H groups in total. The van der Waals surface area contributed by atoms with E-state index in [1.807, 2.05) is 0 Å². The highest BCUT2D eigenvalue weighted by molar-refractivity contribution is 5.52. The normalized spacial score (nSPS) is 21.6. The molecule has 17 heavy (non-hydrogen) atoms. The largest absolute Gasteiger partial charge is 0.311 e. The minimum atomic E-state index is 0.569. The Morgan fingerprint density at radius 2 is 2.00 bits per heavy atom. The van der Waals surface area contributed by atoms with Gasteiger partial charge in [-0.05, 0) is 49.9 Å². The van der Waals surface area contributed by atoms with Gasteiger partial charge in [0.05, 0.1) is 0 Å². The molecule has 1 heterocycles. The van der Waals surface area contributed by atoms with Crippen molar-refractivity contribution in [3.8, 4) is 0 Å². The molecular weight excluding hydrogens is 206 g/mol. The molecule has 2 rings (SSSR count). The molecule has 1 saturated heterocycles. The van der Waals surface area contributed by atoms with Crippen molar-refractivity contribution in [2.45, 2.75) is 45.6 Å². The summed E-state index contributed by atoms with van der Waals surface area (Å²) in [6.07, 6.45) is 9.93. The zero-order valence-electron chi connectivity index (χ0n) is 11.0. The molecule has 0 spiro atoms. The summed E-state index contributed by atoms with van der Waals surface area (Å²) in [6, 6.07) is 7.24. The van der Waals surface area contributed by atoms with Gasteiger partial charge in [0.15, 0.2) is 0 Å². The van der Waals surface area contributed by atoms with Crippen molar-refractivity contribution in [3.05, 3.63) is 41.0 Å². The second-order valence-electron chi connectivity index (χ2n) is 5.11. The number of hydrogen-bond acceptors (Lipinski definition) is 1. The summed E-state index contributed by atoms with van der Waals surface area (Å²) < 4.78 is 0. The van der Waals surface area contributed by atoms with E-state index in [0.29, 0.717) is 6.04 Å². The molecule has 0 aliphatic carbocycles. The van der Waals surface area contributed by atoms with E-state index in [-0.39, 0.29) is 0 Å². The molecule has 1 atom stereocenters. The lowest BCUT2D eigenvalue weighted by atomic mass is 10.0. The van der Waals surface area contributed by atoms with Gasteiger partial charge in [0, 0.05) is 6.04 Å². The lowest BCUT2D eigenvalue weighted by molar-refractivity contribution is 0.599. The molecule has 1 heteroatoms. The number of nitrogens with one attached hydrogen (secondary N) is 1. The Bertz CT molecular complexity index is 385. The van der Waals surface area contributed by atoms with E-state index in [0.717, 1.165) is 0 Å². The van der Waals surface area contributed by atoms with Gasteiger partial charge in [-0.15, -0.1) is 0 Å². The minimum absolute atomic E-state index is 0.569. The van der Waals surface area contributed by atoms with E-state index in [4.69, 9.17) is 0 Å². The zero-order valence-corrected chi connectivity index (χ0v) is 11.0. The fourth-order valence-corrected chi connectivity index (χ4v) is 2.32. The van der Waals surface area contributed by atoms with E-state index in [9.17, 15) is 0 Å². The standard InChI is InChI=1S/C16H23N/c1-13-7-8-15(12-14(13)2)9-10-16-6-4-3-5-11-17-16/h7-10,12,16-17H,3-6,11H2,1-2H3/b10-9+. The van der Waals surface area contributed by atoms with Crippen LogP contribution in [0.3, 0.4) is 0 Å². The quantitative estimate of drug-likeness (QED) is 0.812. The SMILES string of the molecule is Cc1ccc(/C=C/C2CCCCCN2)cc1C. The van der Waals surface area contributed by atoms with Crippen LogP contribution in [0, 0.1) is 13.8 Å². The van der Waals surface area contributed by atoms with Gasteiger partial charge in [-0.3, -0.25) is 0 Å². The predicted molar refractivity (Wildman–Crippen MR) is 75.2 cm³/mol. The van der Waals surface area contributed by atoms with Crippen LogP contribution in [0.15, 0.2) is 24.3 Å². The molecule has 1 aliphatic heterocycles. The Balaban J connectivity index is 2.00. The lowest BCUT2D eigenvalue weighted by Gasteiger charge is -2.10. The Hall–Kier alpha value is -1.08. The first-order valence-corrected chi connectivity index (χ1v) is 6.74. The zero-order chi connectivity index (χ0) is 12.1. The van der Waals surface area contributed by atoms with E-state index < -0.39 is 0 Å². The summed E-state index contributed by atoms with van der Waals surface area (Å²) in [7, 11) is 0. The van der Waals surface area contributed by atoms with Gasteiger partial charge >= 0.3 is 0 Å². The fourth-order valence-electron chi connectivity index (χ4n) is 2.32. The third-order valence-electron chi connectivity index (χ3n) is 3.65. The van der Waals surface area contributed by atoms with Crippen LogP contribution in [0.4, 0.5) is 0 Å². The van der Waals surface area contributed by atoms with Gasteiger partial charge in [0.1, 0.15) is 0 Å². The molecule has 0 aromatic heterocycles. The van der Waals surface area contributed by atoms with Crippen molar-refractivity contribution in [2.24, 2.45) is 0 Å². The topological polar surface area (TPSA) is 12.0 Å². The molecule has 0 amide bonds. The monoisotopic (exact) mass is 229 g/mol. The van der Waals surface area contributed by atoms with Crippen LogP contribution < -0.4 is 5.32 Å². The van der Waals surface area contributed by atoms with Crippen molar-refractivity contribution in [2.75, 3.05) is 6.54 Å². The van der Waals surface area contributed by atoms with Crippen LogP contribution in [-0.2, 0) is 0 Å². The Kier molecular flexibility index (Phi) is 4.38. The highest BCUT2D eigenvalue weighted by Crippen LogP contribution is 2.14. The average Bonchev–Trinajstić information content (AvgIpc) is 2.59. The van der Waals surface area contributed by atoms with Gasteiger partial charge in [-0.25, -0.2) is 0 Å². The van der Waals surface area contributed by atoms with E-state index in [2.05, 4.69) is 49.5 Å². The maximum absolute atomic E-state index is 3.59. The average molecular weight is 229 g/mol. The summed E-state index contributed by atoms with van der Waals surface area (Å²) in [6.45, 7) is 5.51. The third-order valence-corrected chi connectivity index (χ3v) is 3.65. The van der Waals surface area contributed by atoms with Crippen molar-refractivity contribution in [1.82, 2.24) is 5.32 Å². The van der Waals surface area contributed by atoms with Crippen LogP contribution >= 0.6 is 0 Å². The Labute approximate surface area is 105 Å². The van der Waals surface area contributed by atoms with Gasteiger partial charge in [0.2, 0.25) is 0 Å². The Morgan fingerprint density at radius 3 is 2.82 bits per heavy atom. The summed E-state index contributed by atoms with van der Waals surface area (Å²) in [5.41, 5.74) is 4.06. The van der Waals surface area contributed by atoms with Crippen LogP contribution in [0.2, 0.25) is 0 Å². The lowest BCUT2D eigenvalue weighted by Crippen LogP contribution is -2.25. The number of rotatable bonds is 2. The molecule has 92 valence electrons. The first-order valence-electron chi connectivity index (χ1n) is 6.74. The molecule has 1 nitrogen and oxygen atoms in total. The smallest absolute Gasteiger partial charge is 0.0253 e. The van der Waals surface area contributed by atoms with Gasteiger partial charge < -0.3 is 5.32 Å². The molecule has 1 aliphatic rings. The third kappa shape index (κ3) is 3.71. The van der Waals surface area contributed by atoms with Crippen molar-refractivity contribution in [3.63, 3.8) is 0 Å². The van der Waals surface area contributed by atoms with E-state index in [1.165, 1.54) is 48.9 Å². The van der Waals surface area contributed by atoms with Crippen LogP contribution in [-0.4, -0.2) is 12.6 Å². The Morgan fingerprint density at radius 1 is 1.12 bits per heavy atom. The maximum atomic E-state index is 3.59. The number of aryl methyl sites for hydroxylation is 2. The summed E-state index contributed by atoms with van der Waals surface area (Å²) in [4.78, 5) is 0. The second kappa shape index (κ2) is 6.02. The highest BCUT2D eigenvalue weighted by atomic mass is 14.9. The molecule has 1 fully saturated rings. The van der Waals surface area contributed by atoms with Gasteiger partial charge in [0.25, 0.3) is 0 Å². The van der Waals surface area contributed by atoms with E-state index in [1.54, 1.807) is 0 Å². The first-order chi connectivity index (χ1) is 8.25. The summed E-state index contributed by atoms with van der Waals surface area (Å²) in [5, 5.41) is 3.59. The van der Waals surface area contributed by atoms with Crippen molar-refractivity contribution < 1.29 is 0 Å². The number of benzene rings is 1. The summed E-state index contributed by atoms with van der Waals surface area (Å²) in [5.74, 6) is 0. The minimum Gasteiger partial charge on any atom is -0.311 e. The van der Waals surface area contributed by atoms with Crippen molar-refractivity contribution in [1.29, 1.82) is 0 Å².